The van der Waals surface area contributed by atoms with Crippen LogP contribution in [0.4, 0.5) is 0 Å². The fourth-order valence-corrected chi connectivity index (χ4v) is 3.45. The van der Waals surface area contributed by atoms with E-state index >= 15 is 0 Å². The fraction of sp³-hybridized carbons (Fsp3) is 0.706. The molecule has 0 unspecified atom stereocenters. The van der Waals surface area contributed by atoms with Crippen molar-refractivity contribution < 1.29 is 0 Å². The van der Waals surface area contributed by atoms with Gasteiger partial charge in [0.2, 0.25) is 0 Å². The molecule has 0 saturated heterocycles. The van der Waals surface area contributed by atoms with Gasteiger partial charge in [-0.1, -0.05) is 6.92 Å². The SMILES string of the molecule is CCN1CCc2c(cc(CNC3CC3)c(=O)n2C2CC2)C1. The molecule has 0 radical (unpaired) electrons. The normalized spacial score (nSPS) is 22.3. The molecule has 4 heteroatoms. The third kappa shape index (κ3) is 2.67. The second-order valence-electron chi connectivity index (χ2n) is 6.82. The summed E-state index contributed by atoms with van der Waals surface area (Å²) < 4.78 is 2.15. The summed E-state index contributed by atoms with van der Waals surface area (Å²) in [6.07, 6.45) is 5.94. The van der Waals surface area contributed by atoms with Crippen molar-refractivity contribution in [3.8, 4) is 0 Å². The number of rotatable bonds is 5. The minimum Gasteiger partial charge on any atom is -0.310 e. The second-order valence-corrected chi connectivity index (χ2v) is 6.82. The van der Waals surface area contributed by atoms with Crippen LogP contribution in [0.25, 0.3) is 0 Å². The van der Waals surface area contributed by atoms with Crippen molar-refractivity contribution in [2.75, 3.05) is 13.1 Å². The molecule has 0 atom stereocenters. The van der Waals surface area contributed by atoms with Gasteiger partial charge in [-0.05, 0) is 43.9 Å². The Bertz CT molecular complexity index is 599. The van der Waals surface area contributed by atoms with E-state index in [1.807, 2.05) is 0 Å². The highest BCUT2D eigenvalue weighted by Gasteiger charge is 2.31. The van der Waals surface area contributed by atoms with Crippen LogP contribution in [0.5, 0.6) is 0 Å². The number of fused-ring (bicyclic) bond motifs is 1. The summed E-state index contributed by atoms with van der Waals surface area (Å²) >= 11 is 0. The molecule has 0 bridgehead atoms. The number of hydrogen-bond donors (Lipinski definition) is 1. The molecule has 2 heterocycles. The molecule has 0 aromatic carbocycles. The molecule has 1 aliphatic heterocycles. The number of likely N-dealkylation sites (N-methyl/N-ethyl adjacent to an activating group) is 1. The van der Waals surface area contributed by atoms with Crippen molar-refractivity contribution in [1.29, 1.82) is 0 Å². The molecule has 4 rings (SSSR count). The Morgan fingerprint density at radius 2 is 2.10 bits per heavy atom. The zero-order chi connectivity index (χ0) is 14.4. The third-order valence-electron chi connectivity index (χ3n) is 5.08. The topological polar surface area (TPSA) is 37.3 Å². The monoisotopic (exact) mass is 287 g/mol. The zero-order valence-electron chi connectivity index (χ0n) is 12.9. The Morgan fingerprint density at radius 3 is 2.76 bits per heavy atom. The van der Waals surface area contributed by atoms with E-state index in [2.05, 4.69) is 27.8 Å². The van der Waals surface area contributed by atoms with Crippen LogP contribution in [-0.2, 0) is 19.5 Å². The van der Waals surface area contributed by atoms with Gasteiger partial charge in [-0.25, -0.2) is 0 Å². The van der Waals surface area contributed by atoms with E-state index in [0.29, 0.717) is 12.1 Å². The second kappa shape index (κ2) is 5.25. The lowest BCUT2D eigenvalue weighted by molar-refractivity contribution is 0.261. The lowest BCUT2D eigenvalue weighted by atomic mass is 10.0. The molecule has 21 heavy (non-hydrogen) atoms. The van der Waals surface area contributed by atoms with Crippen LogP contribution in [0, 0.1) is 0 Å². The number of hydrogen-bond acceptors (Lipinski definition) is 3. The highest BCUT2D eigenvalue weighted by molar-refractivity contribution is 5.30. The van der Waals surface area contributed by atoms with Crippen molar-refractivity contribution in [3.63, 3.8) is 0 Å². The van der Waals surface area contributed by atoms with E-state index in [1.54, 1.807) is 0 Å². The lowest BCUT2D eigenvalue weighted by Gasteiger charge is -2.30. The largest absolute Gasteiger partial charge is 0.310 e. The van der Waals surface area contributed by atoms with Crippen molar-refractivity contribution in [2.45, 2.75) is 64.2 Å². The molecular formula is C17H25N3O. The molecular weight excluding hydrogens is 262 g/mol. The number of nitrogens with zero attached hydrogens (tertiary/aromatic N) is 2. The third-order valence-corrected chi connectivity index (χ3v) is 5.08. The molecule has 2 saturated carbocycles. The number of pyridine rings is 1. The van der Waals surface area contributed by atoms with Gasteiger partial charge in [0.1, 0.15) is 0 Å². The Balaban J connectivity index is 1.70. The summed E-state index contributed by atoms with van der Waals surface area (Å²) in [7, 11) is 0. The molecule has 1 aromatic rings. The smallest absolute Gasteiger partial charge is 0.255 e. The van der Waals surface area contributed by atoms with Crippen molar-refractivity contribution in [1.82, 2.24) is 14.8 Å². The van der Waals surface area contributed by atoms with E-state index in [-0.39, 0.29) is 5.56 Å². The first-order chi connectivity index (χ1) is 10.3. The summed E-state index contributed by atoms with van der Waals surface area (Å²) in [6.45, 7) is 6.16. The summed E-state index contributed by atoms with van der Waals surface area (Å²) in [5.74, 6) is 0. The van der Waals surface area contributed by atoms with Crippen molar-refractivity contribution in [2.24, 2.45) is 0 Å². The lowest BCUT2D eigenvalue weighted by Crippen LogP contribution is -2.37. The van der Waals surface area contributed by atoms with Gasteiger partial charge in [-0.15, -0.1) is 0 Å². The molecule has 1 N–H and O–H groups in total. The van der Waals surface area contributed by atoms with Crippen LogP contribution in [0.15, 0.2) is 10.9 Å². The first-order valence-electron chi connectivity index (χ1n) is 8.48. The summed E-state index contributed by atoms with van der Waals surface area (Å²) in [6, 6.07) is 3.33. The summed E-state index contributed by atoms with van der Waals surface area (Å²) in [5, 5.41) is 3.51. The van der Waals surface area contributed by atoms with Crippen LogP contribution in [0.2, 0.25) is 0 Å². The van der Waals surface area contributed by atoms with E-state index in [1.165, 1.54) is 36.9 Å². The van der Waals surface area contributed by atoms with Gasteiger partial charge in [0, 0.05) is 49.4 Å². The predicted molar refractivity (Wildman–Crippen MR) is 83.5 cm³/mol. The Hall–Kier alpha value is -1.13. The first-order valence-corrected chi connectivity index (χ1v) is 8.48. The Kier molecular flexibility index (Phi) is 3.38. The van der Waals surface area contributed by atoms with Crippen molar-refractivity contribution in [3.05, 3.63) is 33.2 Å². The van der Waals surface area contributed by atoms with Gasteiger partial charge in [-0.2, -0.15) is 0 Å². The fourth-order valence-electron chi connectivity index (χ4n) is 3.45. The standard InChI is InChI=1S/C17H25N3O/c1-2-19-8-7-16-13(11-19)9-12(10-18-14-3-4-14)17(21)20(16)15-5-6-15/h9,14-15,18H,2-8,10-11H2,1H3. The number of aromatic nitrogens is 1. The minimum absolute atomic E-state index is 0.273. The molecule has 2 fully saturated rings. The van der Waals surface area contributed by atoms with Gasteiger partial charge in [0.05, 0.1) is 0 Å². The van der Waals surface area contributed by atoms with Crippen LogP contribution >= 0.6 is 0 Å². The van der Waals surface area contributed by atoms with E-state index in [0.717, 1.165) is 38.2 Å². The van der Waals surface area contributed by atoms with E-state index in [4.69, 9.17) is 0 Å². The summed E-state index contributed by atoms with van der Waals surface area (Å²) in [5.41, 5.74) is 3.96. The van der Waals surface area contributed by atoms with E-state index in [9.17, 15) is 4.79 Å². The maximum atomic E-state index is 12.8. The highest BCUT2D eigenvalue weighted by Crippen LogP contribution is 2.36. The molecule has 3 aliphatic rings. The van der Waals surface area contributed by atoms with Crippen LogP contribution in [-0.4, -0.2) is 28.6 Å². The minimum atomic E-state index is 0.273. The maximum absolute atomic E-state index is 12.8. The molecule has 0 spiro atoms. The van der Waals surface area contributed by atoms with Gasteiger partial charge < -0.3 is 9.88 Å². The average molecular weight is 287 g/mol. The number of nitrogens with one attached hydrogen (secondary N) is 1. The Morgan fingerprint density at radius 1 is 1.29 bits per heavy atom. The molecule has 0 amide bonds. The van der Waals surface area contributed by atoms with Gasteiger partial charge >= 0.3 is 0 Å². The average Bonchev–Trinajstić information content (AvgIpc) is 3.37. The Labute approximate surface area is 126 Å². The van der Waals surface area contributed by atoms with Crippen LogP contribution in [0.1, 0.15) is 55.5 Å². The predicted octanol–water partition coefficient (Wildman–Crippen LogP) is 1.81. The van der Waals surface area contributed by atoms with Gasteiger partial charge in [-0.3, -0.25) is 9.69 Å². The van der Waals surface area contributed by atoms with E-state index < -0.39 is 0 Å². The van der Waals surface area contributed by atoms with Gasteiger partial charge in [0.15, 0.2) is 0 Å². The molecule has 4 nitrogen and oxygen atoms in total. The molecule has 2 aliphatic carbocycles. The molecule has 1 aromatic heterocycles. The van der Waals surface area contributed by atoms with Gasteiger partial charge in [0.25, 0.3) is 5.56 Å². The highest BCUT2D eigenvalue weighted by atomic mass is 16.1. The zero-order valence-corrected chi connectivity index (χ0v) is 12.9. The first kappa shape index (κ1) is 13.5. The van der Waals surface area contributed by atoms with Crippen LogP contribution < -0.4 is 10.9 Å². The van der Waals surface area contributed by atoms with Crippen molar-refractivity contribution >= 4 is 0 Å². The van der Waals surface area contributed by atoms with Crippen LogP contribution in [0.3, 0.4) is 0 Å². The summed E-state index contributed by atoms with van der Waals surface area (Å²) in [4.78, 5) is 15.3. The quantitative estimate of drug-likeness (QED) is 0.897. The molecule has 114 valence electrons. The maximum Gasteiger partial charge on any atom is 0.255 e.